The number of amides is 3. The van der Waals surface area contributed by atoms with E-state index in [1.165, 1.54) is 29.2 Å². The minimum Gasteiger partial charge on any atom is -0.481 e. The number of carboxylic acid groups (broad SMARTS) is 3. The molecule has 3 amide bonds. The first-order valence-corrected chi connectivity index (χ1v) is 13.2. The third-order valence-corrected chi connectivity index (χ3v) is 6.03. The molecular weight excluding hydrogens is 526 g/mol. The summed E-state index contributed by atoms with van der Waals surface area (Å²) in [6, 6.07) is 3.04. The normalized spacial score (nSPS) is 12.3. The number of hydrogen-bond acceptors (Lipinski definition) is 8. The Labute approximate surface area is 232 Å². The van der Waals surface area contributed by atoms with Crippen molar-refractivity contribution in [1.29, 1.82) is 0 Å². The number of nitrogens with zero attached hydrogens (tertiary/aromatic N) is 1. The van der Waals surface area contributed by atoms with E-state index in [1.54, 1.807) is 0 Å². The number of carbonyl (C=O) groups is 6. The molecule has 0 aliphatic carbocycles. The van der Waals surface area contributed by atoms with E-state index in [1.807, 2.05) is 13.8 Å². The highest BCUT2D eigenvalue weighted by Crippen LogP contribution is 2.19. The van der Waals surface area contributed by atoms with Gasteiger partial charge in [-0.2, -0.15) is 0 Å². The van der Waals surface area contributed by atoms with E-state index in [4.69, 9.17) is 25.8 Å². The maximum atomic E-state index is 13.3. The summed E-state index contributed by atoms with van der Waals surface area (Å²) in [5.74, 6) is -6.77. The van der Waals surface area contributed by atoms with Crippen LogP contribution >= 0.6 is 0 Å². The van der Waals surface area contributed by atoms with Gasteiger partial charge in [0.15, 0.2) is 0 Å². The molecular formula is C27H39N3O10. The molecule has 13 nitrogen and oxygen atoms in total. The first-order chi connectivity index (χ1) is 18.9. The van der Waals surface area contributed by atoms with Gasteiger partial charge >= 0.3 is 17.9 Å². The summed E-state index contributed by atoms with van der Waals surface area (Å²) >= 11 is 0. The largest absolute Gasteiger partial charge is 0.481 e. The molecule has 0 radical (unpaired) electrons. The van der Waals surface area contributed by atoms with E-state index < -0.39 is 54.3 Å². The van der Waals surface area contributed by atoms with Crippen LogP contribution < -0.4 is 15.8 Å². The van der Waals surface area contributed by atoms with Gasteiger partial charge in [-0.25, -0.2) is 9.59 Å². The van der Waals surface area contributed by atoms with Gasteiger partial charge in [0.25, 0.3) is 6.10 Å². The van der Waals surface area contributed by atoms with Crippen LogP contribution in [0, 0.1) is 0 Å². The van der Waals surface area contributed by atoms with Crippen LogP contribution in [0.3, 0.4) is 0 Å². The van der Waals surface area contributed by atoms with Crippen molar-refractivity contribution in [3.8, 4) is 5.75 Å². The van der Waals surface area contributed by atoms with Crippen molar-refractivity contribution in [3.63, 3.8) is 0 Å². The quantitative estimate of drug-likeness (QED) is 0.120. The number of carbonyl (C=O) groups excluding carboxylic acids is 3. The van der Waals surface area contributed by atoms with Gasteiger partial charge in [-0.3, -0.25) is 24.5 Å². The van der Waals surface area contributed by atoms with Crippen LogP contribution in [-0.2, 0) is 35.2 Å². The second kappa shape index (κ2) is 17.6. The van der Waals surface area contributed by atoms with Gasteiger partial charge in [-0.1, -0.05) is 51.7 Å². The fourth-order valence-electron chi connectivity index (χ4n) is 3.85. The molecule has 0 unspecified atom stereocenters. The molecule has 0 aliphatic rings. The lowest BCUT2D eigenvalue weighted by Crippen LogP contribution is -2.55. The van der Waals surface area contributed by atoms with Crippen LogP contribution in [-0.4, -0.2) is 80.6 Å². The Morgan fingerprint density at radius 1 is 0.875 bits per heavy atom. The SMILES string of the molecule is CCCCCC(=O)N(CCCCC)[C@@H](Cc1ccc(OC(C(=O)O)C(=O)O)cc1)C(=O)NC(=O)[C@@H](N)CC(=O)O. The number of carboxylic acids is 3. The molecule has 222 valence electrons. The molecule has 0 aromatic heterocycles. The Morgan fingerprint density at radius 3 is 1.98 bits per heavy atom. The number of benzene rings is 1. The smallest absolute Gasteiger partial charge is 0.356 e. The molecule has 0 saturated heterocycles. The van der Waals surface area contributed by atoms with E-state index in [-0.39, 0.29) is 31.0 Å². The standard InChI is InChI=1S/C27H39N3O10/c1-3-5-7-9-21(31)30(14-8-6-4-2)20(25(35)29-24(34)19(28)16-22(32)33)15-17-10-12-18(13-11-17)40-23(26(36)37)27(38)39/h10-13,19-20,23H,3-9,14-16,28H2,1-2H3,(H,32,33)(H,36,37)(H,38,39)(H,29,34,35)/t19-,20-/m0/s1. The van der Waals surface area contributed by atoms with E-state index in [9.17, 15) is 28.8 Å². The summed E-state index contributed by atoms with van der Waals surface area (Å²) in [6.45, 7) is 4.24. The van der Waals surface area contributed by atoms with Crippen molar-refractivity contribution in [3.05, 3.63) is 29.8 Å². The Kier molecular flexibility index (Phi) is 14.9. The van der Waals surface area contributed by atoms with Crippen LogP contribution in [0.15, 0.2) is 24.3 Å². The number of imide groups is 1. The molecule has 2 atom stereocenters. The maximum Gasteiger partial charge on any atom is 0.356 e. The summed E-state index contributed by atoms with van der Waals surface area (Å²) in [5, 5.41) is 29.1. The molecule has 1 aromatic rings. The highest BCUT2D eigenvalue weighted by molar-refractivity contribution is 6.02. The second-order valence-corrected chi connectivity index (χ2v) is 9.35. The fourth-order valence-corrected chi connectivity index (χ4v) is 3.85. The first-order valence-electron chi connectivity index (χ1n) is 13.2. The lowest BCUT2D eigenvalue weighted by atomic mass is 10.0. The molecule has 0 aliphatic heterocycles. The minimum absolute atomic E-state index is 0.0372. The van der Waals surface area contributed by atoms with Crippen LogP contribution in [0.1, 0.15) is 70.8 Å². The molecule has 1 aromatic carbocycles. The van der Waals surface area contributed by atoms with Gasteiger partial charge in [0.2, 0.25) is 17.7 Å². The highest BCUT2D eigenvalue weighted by Gasteiger charge is 2.32. The van der Waals surface area contributed by atoms with Crippen molar-refractivity contribution < 1.29 is 48.8 Å². The topological polar surface area (TPSA) is 214 Å². The van der Waals surface area contributed by atoms with Crippen molar-refractivity contribution in [2.45, 2.75) is 89.8 Å². The Bertz CT molecular complexity index is 1010. The van der Waals surface area contributed by atoms with Crippen LogP contribution in [0.25, 0.3) is 0 Å². The number of unbranched alkanes of at least 4 members (excludes halogenated alkanes) is 4. The zero-order valence-corrected chi connectivity index (χ0v) is 22.8. The predicted molar refractivity (Wildman–Crippen MR) is 142 cm³/mol. The average Bonchev–Trinajstić information content (AvgIpc) is 2.88. The van der Waals surface area contributed by atoms with Gasteiger partial charge in [-0.15, -0.1) is 0 Å². The van der Waals surface area contributed by atoms with E-state index in [0.717, 1.165) is 25.7 Å². The molecule has 13 heteroatoms. The van der Waals surface area contributed by atoms with Crippen molar-refractivity contribution in [2.75, 3.05) is 6.54 Å². The summed E-state index contributed by atoms with van der Waals surface area (Å²) in [5.41, 5.74) is 6.12. The van der Waals surface area contributed by atoms with Gasteiger partial charge in [0.05, 0.1) is 12.5 Å². The van der Waals surface area contributed by atoms with Crippen LogP contribution in [0.2, 0.25) is 0 Å². The van der Waals surface area contributed by atoms with Gasteiger partial charge < -0.3 is 30.7 Å². The number of rotatable bonds is 19. The van der Waals surface area contributed by atoms with E-state index in [0.29, 0.717) is 18.4 Å². The zero-order chi connectivity index (χ0) is 30.2. The Morgan fingerprint density at radius 2 is 1.45 bits per heavy atom. The first kappa shape index (κ1) is 34.0. The van der Waals surface area contributed by atoms with E-state index in [2.05, 4.69) is 5.32 Å². The van der Waals surface area contributed by atoms with Crippen molar-refractivity contribution >= 4 is 35.6 Å². The summed E-state index contributed by atoms with van der Waals surface area (Å²) in [4.78, 5) is 73.6. The molecule has 0 bridgehead atoms. The number of nitrogens with one attached hydrogen (secondary N) is 1. The van der Waals surface area contributed by atoms with Gasteiger partial charge in [0.1, 0.15) is 11.8 Å². The number of aliphatic carboxylic acids is 3. The molecule has 0 saturated carbocycles. The van der Waals surface area contributed by atoms with Crippen LogP contribution in [0.4, 0.5) is 0 Å². The monoisotopic (exact) mass is 565 g/mol. The van der Waals surface area contributed by atoms with Gasteiger partial charge in [-0.05, 0) is 30.5 Å². The number of hydrogen-bond donors (Lipinski definition) is 5. The van der Waals surface area contributed by atoms with E-state index >= 15 is 0 Å². The summed E-state index contributed by atoms with van der Waals surface area (Å²) in [6.07, 6.45) is 1.99. The second-order valence-electron chi connectivity index (χ2n) is 9.35. The lowest BCUT2D eigenvalue weighted by Gasteiger charge is -2.31. The molecule has 0 spiro atoms. The average molecular weight is 566 g/mol. The maximum absolute atomic E-state index is 13.3. The molecule has 0 fully saturated rings. The Balaban J connectivity index is 3.28. The summed E-state index contributed by atoms with van der Waals surface area (Å²) in [7, 11) is 0. The molecule has 40 heavy (non-hydrogen) atoms. The Hall–Kier alpha value is -4.00. The zero-order valence-electron chi connectivity index (χ0n) is 22.8. The molecule has 1 rings (SSSR count). The highest BCUT2D eigenvalue weighted by atomic mass is 16.5. The van der Waals surface area contributed by atoms with Crippen molar-refractivity contribution in [1.82, 2.24) is 10.2 Å². The van der Waals surface area contributed by atoms with Crippen LogP contribution in [0.5, 0.6) is 5.75 Å². The lowest BCUT2D eigenvalue weighted by molar-refractivity contribution is -0.159. The third-order valence-electron chi connectivity index (χ3n) is 6.03. The fraction of sp³-hybridized carbons (Fsp3) is 0.556. The summed E-state index contributed by atoms with van der Waals surface area (Å²) < 4.78 is 5.01. The minimum atomic E-state index is -2.11. The number of ether oxygens (including phenoxy) is 1. The molecule has 0 heterocycles. The van der Waals surface area contributed by atoms with Crippen molar-refractivity contribution in [2.24, 2.45) is 5.73 Å². The molecule has 6 N–H and O–H groups in total. The van der Waals surface area contributed by atoms with Gasteiger partial charge in [0, 0.05) is 19.4 Å². The number of nitrogens with two attached hydrogens (primary N) is 1. The third kappa shape index (κ3) is 11.8. The predicted octanol–water partition coefficient (Wildman–Crippen LogP) is 1.56.